The first kappa shape index (κ1) is 22.1. The SMILES string of the molecule is CC(C)c1ccc2c(c1)Nc1nc(=O)n(C3CCC(NCCCN=C(N)N)CC3)cc1O2. The molecule has 1 saturated carbocycles. The van der Waals surface area contributed by atoms with E-state index in [2.05, 4.69) is 46.6 Å². The molecule has 0 atom stereocenters. The summed E-state index contributed by atoms with van der Waals surface area (Å²) in [6.45, 7) is 5.81. The molecule has 9 heteroatoms. The highest BCUT2D eigenvalue weighted by atomic mass is 16.5. The Morgan fingerprint density at radius 3 is 2.78 bits per heavy atom. The fourth-order valence-corrected chi connectivity index (χ4v) is 4.37. The fraction of sp³-hybridized carbons (Fsp3) is 0.522. The summed E-state index contributed by atoms with van der Waals surface area (Å²) in [5, 5.41) is 6.84. The number of rotatable bonds is 7. The highest BCUT2D eigenvalue weighted by Gasteiger charge is 2.26. The second-order valence-corrected chi connectivity index (χ2v) is 8.90. The van der Waals surface area contributed by atoms with E-state index in [4.69, 9.17) is 16.2 Å². The van der Waals surface area contributed by atoms with Crippen LogP contribution in [0.3, 0.4) is 0 Å². The summed E-state index contributed by atoms with van der Waals surface area (Å²) in [5.74, 6) is 2.37. The number of ether oxygens (including phenoxy) is 1. The van der Waals surface area contributed by atoms with E-state index in [1.807, 2.05) is 12.3 Å². The molecule has 4 rings (SSSR count). The summed E-state index contributed by atoms with van der Waals surface area (Å²) in [4.78, 5) is 21.1. The average molecular weight is 440 g/mol. The van der Waals surface area contributed by atoms with Gasteiger partial charge in [-0.3, -0.25) is 9.56 Å². The van der Waals surface area contributed by atoms with E-state index < -0.39 is 0 Å². The lowest BCUT2D eigenvalue weighted by Gasteiger charge is -2.31. The van der Waals surface area contributed by atoms with Crippen LogP contribution >= 0.6 is 0 Å². The van der Waals surface area contributed by atoms with Crippen LogP contribution < -0.4 is 32.5 Å². The quantitative estimate of drug-likeness (QED) is 0.253. The number of nitrogens with one attached hydrogen (secondary N) is 2. The van der Waals surface area contributed by atoms with Gasteiger partial charge >= 0.3 is 5.69 Å². The molecule has 1 aromatic carbocycles. The molecule has 2 heterocycles. The van der Waals surface area contributed by atoms with Gasteiger partial charge in [0.2, 0.25) is 0 Å². The number of aromatic nitrogens is 2. The van der Waals surface area contributed by atoms with Crippen LogP contribution in [0.2, 0.25) is 0 Å². The number of anilines is 2. The van der Waals surface area contributed by atoms with Crippen molar-refractivity contribution in [3.05, 3.63) is 40.4 Å². The minimum atomic E-state index is -0.239. The van der Waals surface area contributed by atoms with Crippen molar-refractivity contribution in [3.8, 4) is 11.5 Å². The maximum absolute atomic E-state index is 12.8. The van der Waals surface area contributed by atoms with E-state index in [0.717, 1.165) is 50.1 Å². The number of guanidine groups is 1. The van der Waals surface area contributed by atoms with Crippen molar-refractivity contribution in [2.45, 2.75) is 64.0 Å². The van der Waals surface area contributed by atoms with Crippen molar-refractivity contribution in [1.29, 1.82) is 0 Å². The van der Waals surface area contributed by atoms with Gasteiger partial charge in [-0.1, -0.05) is 19.9 Å². The Balaban J connectivity index is 1.37. The predicted octanol–water partition coefficient (Wildman–Crippen LogP) is 2.95. The fourth-order valence-electron chi connectivity index (χ4n) is 4.37. The van der Waals surface area contributed by atoms with Gasteiger partial charge in [-0.25, -0.2) is 4.79 Å². The van der Waals surface area contributed by atoms with Crippen LogP contribution in [0.5, 0.6) is 11.5 Å². The minimum Gasteiger partial charge on any atom is -0.450 e. The molecule has 1 aliphatic carbocycles. The third kappa shape index (κ3) is 5.04. The molecule has 0 bridgehead atoms. The van der Waals surface area contributed by atoms with E-state index >= 15 is 0 Å². The summed E-state index contributed by atoms with van der Waals surface area (Å²) in [6.07, 6.45) is 6.58. The molecule has 0 amide bonds. The Morgan fingerprint density at radius 2 is 2.06 bits per heavy atom. The summed E-state index contributed by atoms with van der Waals surface area (Å²) in [7, 11) is 0. The predicted molar refractivity (Wildman–Crippen MR) is 127 cm³/mol. The van der Waals surface area contributed by atoms with Gasteiger partial charge < -0.3 is 26.8 Å². The standard InChI is InChI=1S/C23H33N7O2/c1-14(2)15-4-9-19-18(12-15)28-21-20(32-19)13-30(23(31)29-21)17-7-5-16(6-8-17)26-10-3-11-27-22(24)25/h4,9,12-14,16-17,26H,3,5-8,10-11H2,1-2H3,(H4,24,25,27)(H,28,29,31). The van der Waals surface area contributed by atoms with Crippen molar-refractivity contribution < 1.29 is 4.74 Å². The van der Waals surface area contributed by atoms with Crippen molar-refractivity contribution in [3.63, 3.8) is 0 Å². The zero-order valence-corrected chi connectivity index (χ0v) is 18.8. The summed E-state index contributed by atoms with van der Waals surface area (Å²) in [5.41, 5.74) is 12.5. The Morgan fingerprint density at radius 1 is 1.28 bits per heavy atom. The molecule has 0 saturated heterocycles. The monoisotopic (exact) mass is 439 g/mol. The van der Waals surface area contributed by atoms with Crippen LogP contribution in [0.1, 0.15) is 63.5 Å². The number of aliphatic imine (C=N–C) groups is 1. The van der Waals surface area contributed by atoms with Crippen LogP contribution in [-0.2, 0) is 0 Å². The maximum Gasteiger partial charge on any atom is 0.350 e. The molecule has 32 heavy (non-hydrogen) atoms. The number of nitrogens with two attached hydrogens (primary N) is 2. The van der Waals surface area contributed by atoms with Crippen LogP contribution in [0.15, 0.2) is 34.2 Å². The molecule has 9 nitrogen and oxygen atoms in total. The van der Waals surface area contributed by atoms with E-state index in [1.165, 1.54) is 5.56 Å². The lowest BCUT2D eigenvalue weighted by molar-refractivity contribution is 0.283. The number of nitrogens with zero attached hydrogens (tertiary/aromatic N) is 3. The number of benzene rings is 1. The Kier molecular flexibility index (Phi) is 6.64. The summed E-state index contributed by atoms with van der Waals surface area (Å²) < 4.78 is 7.83. The molecule has 2 aromatic rings. The topological polar surface area (TPSA) is 133 Å². The maximum atomic E-state index is 12.8. The van der Waals surface area contributed by atoms with E-state index in [9.17, 15) is 4.79 Å². The molecule has 0 unspecified atom stereocenters. The molecule has 0 spiro atoms. The molecule has 0 radical (unpaired) electrons. The zero-order valence-electron chi connectivity index (χ0n) is 18.8. The van der Waals surface area contributed by atoms with Crippen LogP contribution in [-0.4, -0.2) is 34.6 Å². The van der Waals surface area contributed by atoms with Gasteiger partial charge in [-0.2, -0.15) is 4.98 Å². The first-order valence-electron chi connectivity index (χ1n) is 11.4. The van der Waals surface area contributed by atoms with Gasteiger partial charge in [0.25, 0.3) is 0 Å². The van der Waals surface area contributed by atoms with Gasteiger partial charge in [-0.05, 0) is 62.3 Å². The molecule has 1 aliphatic heterocycles. The smallest absolute Gasteiger partial charge is 0.350 e. The summed E-state index contributed by atoms with van der Waals surface area (Å²) in [6, 6.07) is 6.69. The van der Waals surface area contributed by atoms with E-state index in [-0.39, 0.29) is 17.7 Å². The van der Waals surface area contributed by atoms with E-state index in [0.29, 0.717) is 30.1 Å². The first-order chi connectivity index (χ1) is 15.4. The van der Waals surface area contributed by atoms with Crippen molar-refractivity contribution in [2.24, 2.45) is 16.5 Å². The van der Waals surface area contributed by atoms with Crippen LogP contribution in [0.4, 0.5) is 11.5 Å². The highest BCUT2D eigenvalue weighted by molar-refractivity contribution is 5.75. The van der Waals surface area contributed by atoms with Crippen LogP contribution in [0, 0.1) is 0 Å². The number of hydrogen-bond acceptors (Lipinski definition) is 6. The van der Waals surface area contributed by atoms with E-state index in [1.54, 1.807) is 4.57 Å². The van der Waals surface area contributed by atoms with Gasteiger partial charge in [0.1, 0.15) is 0 Å². The van der Waals surface area contributed by atoms with Gasteiger partial charge in [0, 0.05) is 18.6 Å². The minimum absolute atomic E-state index is 0.133. The highest BCUT2D eigenvalue weighted by Crippen LogP contribution is 2.41. The van der Waals surface area contributed by atoms with Crippen molar-refractivity contribution >= 4 is 17.5 Å². The second kappa shape index (κ2) is 9.60. The van der Waals surface area contributed by atoms with Gasteiger partial charge in [-0.15, -0.1) is 0 Å². The summed E-state index contributed by atoms with van der Waals surface area (Å²) >= 11 is 0. The molecular formula is C23H33N7O2. The van der Waals surface area contributed by atoms with Crippen molar-refractivity contribution in [1.82, 2.24) is 14.9 Å². The molecular weight excluding hydrogens is 406 g/mol. The molecule has 172 valence electrons. The first-order valence-corrected chi connectivity index (χ1v) is 11.4. The lowest BCUT2D eigenvalue weighted by Crippen LogP contribution is -2.37. The van der Waals surface area contributed by atoms with Crippen LogP contribution in [0.25, 0.3) is 0 Å². The van der Waals surface area contributed by atoms with Gasteiger partial charge in [0.15, 0.2) is 23.3 Å². The van der Waals surface area contributed by atoms with Gasteiger partial charge in [0.05, 0.1) is 11.9 Å². The average Bonchev–Trinajstić information content (AvgIpc) is 2.77. The molecule has 1 fully saturated rings. The molecule has 1 aromatic heterocycles. The largest absolute Gasteiger partial charge is 0.450 e. The Hall–Kier alpha value is -3.07. The third-order valence-electron chi connectivity index (χ3n) is 6.21. The van der Waals surface area contributed by atoms with Crippen molar-refractivity contribution in [2.75, 3.05) is 18.4 Å². The Bertz CT molecular complexity index is 1040. The Labute approximate surface area is 188 Å². The lowest BCUT2D eigenvalue weighted by atomic mass is 9.91. The third-order valence-corrected chi connectivity index (χ3v) is 6.21. The number of fused-ring (bicyclic) bond motifs is 2. The normalized spacial score (nSPS) is 19.5. The number of hydrogen-bond donors (Lipinski definition) is 4. The molecule has 6 N–H and O–H groups in total. The second-order valence-electron chi connectivity index (χ2n) is 8.90. The zero-order chi connectivity index (χ0) is 22.7. The molecule has 2 aliphatic rings.